The van der Waals surface area contributed by atoms with Crippen LogP contribution in [-0.4, -0.2) is 40.6 Å². The zero-order valence-electron chi connectivity index (χ0n) is 8.12. The number of nitriles is 1. The Morgan fingerprint density at radius 3 is 3.07 bits per heavy atom. The van der Waals surface area contributed by atoms with Crippen LogP contribution in [0.1, 0.15) is 13.3 Å². The number of carbonyl (C=O) groups excluding carboxylic acids is 1. The third kappa shape index (κ3) is 1.60. The molecule has 2 saturated heterocycles. The van der Waals surface area contributed by atoms with Gasteiger partial charge in [0.2, 0.25) is 5.91 Å². The SMILES string of the molecule is CC(=O)N1CCC2(C1)N[C@H](C#N)CS2. The lowest BCUT2D eigenvalue weighted by Gasteiger charge is -2.23. The lowest BCUT2D eigenvalue weighted by Crippen LogP contribution is -2.44. The van der Waals surface area contributed by atoms with Crippen molar-refractivity contribution in [1.82, 2.24) is 10.2 Å². The van der Waals surface area contributed by atoms with Crippen molar-refractivity contribution < 1.29 is 4.79 Å². The summed E-state index contributed by atoms with van der Waals surface area (Å²) >= 11 is 1.78. The number of thioether (sulfide) groups is 1. The van der Waals surface area contributed by atoms with Crippen molar-refractivity contribution >= 4 is 17.7 Å². The first kappa shape index (κ1) is 9.81. The van der Waals surface area contributed by atoms with Crippen molar-refractivity contribution in [2.24, 2.45) is 0 Å². The van der Waals surface area contributed by atoms with E-state index in [4.69, 9.17) is 5.26 Å². The number of nitrogens with one attached hydrogen (secondary N) is 1. The zero-order chi connectivity index (χ0) is 10.2. The monoisotopic (exact) mass is 211 g/mol. The van der Waals surface area contributed by atoms with Gasteiger partial charge in [0.1, 0.15) is 6.04 Å². The Bertz CT molecular complexity index is 301. The topological polar surface area (TPSA) is 56.1 Å². The van der Waals surface area contributed by atoms with Crippen molar-refractivity contribution in [2.45, 2.75) is 24.3 Å². The number of hydrogen-bond acceptors (Lipinski definition) is 4. The summed E-state index contributed by atoms with van der Waals surface area (Å²) in [6.45, 7) is 3.15. The zero-order valence-corrected chi connectivity index (χ0v) is 8.93. The molecule has 2 atom stereocenters. The predicted molar refractivity (Wildman–Crippen MR) is 54.6 cm³/mol. The molecule has 2 aliphatic heterocycles. The molecule has 76 valence electrons. The summed E-state index contributed by atoms with van der Waals surface area (Å²) in [7, 11) is 0. The number of likely N-dealkylation sites (tertiary alicyclic amines) is 1. The molecule has 0 bridgehead atoms. The fourth-order valence-electron chi connectivity index (χ4n) is 2.00. The number of amides is 1. The van der Waals surface area contributed by atoms with Crippen molar-refractivity contribution in [2.75, 3.05) is 18.8 Å². The van der Waals surface area contributed by atoms with Gasteiger partial charge in [0.05, 0.1) is 10.9 Å². The Morgan fingerprint density at radius 2 is 2.57 bits per heavy atom. The van der Waals surface area contributed by atoms with Crippen LogP contribution in [0.3, 0.4) is 0 Å². The van der Waals surface area contributed by atoms with E-state index in [0.29, 0.717) is 0 Å². The average molecular weight is 211 g/mol. The fraction of sp³-hybridized carbons (Fsp3) is 0.778. The summed E-state index contributed by atoms with van der Waals surface area (Å²) in [5.74, 6) is 0.965. The summed E-state index contributed by atoms with van der Waals surface area (Å²) in [6.07, 6.45) is 0.954. The highest BCUT2D eigenvalue weighted by Crippen LogP contribution is 2.38. The summed E-state index contributed by atoms with van der Waals surface area (Å²) in [4.78, 5) is 13.0. The molecule has 0 radical (unpaired) electrons. The van der Waals surface area contributed by atoms with Crippen molar-refractivity contribution in [1.29, 1.82) is 5.26 Å². The number of carbonyl (C=O) groups is 1. The standard InChI is InChI=1S/C9H13N3OS/c1-7(13)12-3-2-9(6-12)11-8(4-10)5-14-9/h8,11H,2-3,5-6H2,1H3/t8-,9?/m1/s1. The second kappa shape index (κ2) is 3.44. The van der Waals surface area contributed by atoms with Gasteiger partial charge in [0, 0.05) is 25.8 Å². The van der Waals surface area contributed by atoms with E-state index in [0.717, 1.165) is 25.3 Å². The van der Waals surface area contributed by atoms with Gasteiger partial charge in [0.15, 0.2) is 0 Å². The summed E-state index contributed by atoms with van der Waals surface area (Å²) in [5, 5.41) is 12.1. The van der Waals surface area contributed by atoms with Crippen LogP contribution >= 0.6 is 11.8 Å². The Morgan fingerprint density at radius 1 is 1.79 bits per heavy atom. The largest absolute Gasteiger partial charge is 0.340 e. The fourth-order valence-corrected chi connectivity index (χ4v) is 3.35. The molecular weight excluding hydrogens is 198 g/mol. The Labute approximate surface area is 87.6 Å². The molecule has 1 unspecified atom stereocenters. The second-order valence-electron chi connectivity index (χ2n) is 3.82. The maximum atomic E-state index is 11.2. The average Bonchev–Trinajstić information content (AvgIpc) is 2.74. The van der Waals surface area contributed by atoms with E-state index in [-0.39, 0.29) is 16.8 Å². The van der Waals surface area contributed by atoms with Crippen LogP contribution in [0, 0.1) is 11.3 Å². The molecule has 1 spiro atoms. The molecule has 0 aromatic heterocycles. The van der Waals surface area contributed by atoms with Crippen molar-refractivity contribution in [3.63, 3.8) is 0 Å². The maximum absolute atomic E-state index is 11.2. The molecule has 1 amide bonds. The molecule has 14 heavy (non-hydrogen) atoms. The molecule has 5 heteroatoms. The maximum Gasteiger partial charge on any atom is 0.219 e. The molecule has 0 aromatic rings. The minimum Gasteiger partial charge on any atom is -0.340 e. The van der Waals surface area contributed by atoms with E-state index in [9.17, 15) is 4.79 Å². The molecule has 2 heterocycles. The van der Waals surface area contributed by atoms with E-state index < -0.39 is 0 Å². The van der Waals surface area contributed by atoms with E-state index in [1.807, 2.05) is 4.90 Å². The first-order chi connectivity index (χ1) is 6.65. The van der Waals surface area contributed by atoms with Crippen molar-refractivity contribution in [3.05, 3.63) is 0 Å². The molecule has 2 aliphatic rings. The number of nitrogens with zero attached hydrogens (tertiary/aromatic N) is 2. The molecule has 0 aromatic carbocycles. The van der Waals surface area contributed by atoms with Crippen LogP contribution in [0.5, 0.6) is 0 Å². The quantitative estimate of drug-likeness (QED) is 0.620. The van der Waals surface area contributed by atoms with Gasteiger partial charge in [0.25, 0.3) is 0 Å². The Hall–Kier alpha value is -0.730. The van der Waals surface area contributed by atoms with Gasteiger partial charge in [-0.2, -0.15) is 5.26 Å². The van der Waals surface area contributed by atoms with Crippen LogP contribution in [0.4, 0.5) is 0 Å². The summed E-state index contributed by atoms with van der Waals surface area (Å²) in [5.41, 5.74) is 0. The molecule has 4 nitrogen and oxygen atoms in total. The lowest BCUT2D eigenvalue weighted by atomic mass is 10.2. The van der Waals surface area contributed by atoms with Gasteiger partial charge < -0.3 is 4.90 Å². The molecule has 0 aliphatic carbocycles. The smallest absolute Gasteiger partial charge is 0.219 e. The van der Waals surface area contributed by atoms with Crippen LogP contribution in [-0.2, 0) is 4.79 Å². The van der Waals surface area contributed by atoms with E-state index in [2.05, 4.69) is 11.4 Å². The first-order valence-corrected chi connectivity index (χ1v) is 5.70. The van der Waals surface area contributed by atoms with E-state index in [1.54, 1.807) is 18.7 Å². The number of hydrogen-bond donors (Lipinski definition) is 1. The molecule has 1 N–H and O–H groups in total. The van der Waals surface area contributed by atoms with Gasteiger partial charge in [-0.3, -0.25) is 10.1 Å². The van der Waals surface area contributed by atoms with Crippen LogP contribution in [0.25, 0.3) is 0 Å². The second-order valence-corrected chi connectivity index (χ2v) is 5.23. The Balaban J connectivity index is 2.01. The van der Waals surface area contributed by atoms with E-state index >= 15 is 0 Å². The van der Waals surface area contributed by atoms with Gasteiger partial charge in [-0.1, -0.05) is 0 Å². The highest BCUT2D eigenvalue weighted by atomic mass is 32.2. The van der Waals surface area contributed by atoms with Crippen LogP contribution < -0.4 is 5.32 Å². The summed E-state index contributed by atoms with van der Waals surface area (Å²) < 4.78 is 0. The molecular formula is C9H13N3OS. The highest BCUT2D eigenvalue weighted by Gasteiger charge is 2.45. The minimum atomic E-state index is -0.0492. The summed E-state index contributed by atoms with van der Waals surface area (Å²) in [6, 6.07) is 2.17. The normalized spacial score (nSPS) is 36.3. The molecule has 0 saturated carbocycles. The first-order valence-electron chi connectivity index (χ1n) is 4.72. The van der Waals surface area contributed by atoms with Gasteiger partial charge in [-0.15, -0.1) is 11.8 Å². The number of rotatable bonds is 0. The third-order valence-electron chi connectivity index (χ3n) is 2.80. The van der Waals surface area contributed by atoms with Gasteiger partial charge in [-0.25, -0.2) is 0 Å². The van der Waals surface area contributed by atoms with Crippen LogP contribution in [0.15, 0.2) is 0 Å². The molecule has 2 fully saturated rings. The highest BCUT2D eigenvalue weighted by molar-refractivity contribution is 8.01. The lowest BCUT2D eigenvalue weighted by molar-refractivity contribution is -0.127. The van der Waals surface area contributed by atoms with E-state index in [1.165, 1.54) is 0 Å². The van der Waals surface area contributed by atoms with Gasteiger partial charge >= 0.3 is 0 Å². The minimum absolute atomic E-state index is 0.0356. The Kier molecular flexibility index (Phi) is 2.41. The van der Waals surface area contributed by atoms with Crippen molar-refractivity contribution in [3.8, 4) is 6.07 Å². The van der Waals surface area contributed by atoms with Gasteiger partial charge in [-0.05, 0) is 6.42 Å². The van der Waals surface area contributed by atoms with Crippen LogP contribution in [0.2, 0.25) is 0 Å². The predicted octanol–water partition coefficient (Wildman–Crippen LogP) is 0.163. The molecule has 2 rings (SSSR count). The third-order valence-corrected chi connectivity index (χ3v) is 4.30.